The Morgan fingerprint density at radius 2 is 1.53 bits per heavy atom. The van der Waals surface area contributed by atoms with Gasteiger partial charge in [-0.05, 0) is 31.5 Å². The monoisotopic (exact) mass is 280 g/mol. The van der Waals surface area contributed by atoms with Crippen LogP contribution in [0.25, 0.3) is 0 Å². The Balaban J connectivity index is 1.63. The Kier molecular flexibility index (Phi) is 6.52. The highest BCUT2D eigenvalue weighted by molar-refractivity contribution is 6.17. The molecule has 2 nitrogen and oxygen atoms in total. The zero-order valence-electron chi connectivity index (χ0n) is 11.7. The number of para-hydroxylation sites is 1. The number of halogens is 1. The van der Waals surface area contributed by atoms with Crippen molar-refractivity contribution in [3.63, 3.8) is 0 Å². The van der Waals surface area contributed by atoms with Crippen molar-refractivity contribution in [1.82, 2.24) is 4.90 Å². The third kappa shape index (κ3) is 5.04. The average Bonchev–Trinajstić information content (AvgIpc) is 2.49. The molecule has 1 aromatic rings. The number of nitrogens with zero attached hydrogens (tertiary/aromatic N) is 2. The predicted molar refractivity (Wildman–Crippen MR) is 84.3 cm³/mol. The maximum absolute atomic E-state index is 5.69. The van der Waals surface area contributed by atoms with E-state index in [4.69, 9.17) is 11.6 Å². The van der Waals surface area contributed by atoms with Crippen LogP contribution in [0.3, 0.4) is 0 Å². The summed E-state index contributed by atoms with van der Waals surface area (Å²) < 4.78 is 0. The first-order chi connectivity index (χ1) is 9.40. The van der Waals surface area contributed by atoms with Crippen LogP contribution in [0.5, 0.6) is 0 Å². The molecule has 1 aromatic carbocycles. The Labute approximate surface area is 122 Å². The van der Waals surface area contributed by atoms with Crippen molar-refractivity contribution in [3.8, 4) is 0 Å². The lowest BCUT2D eigenvalue weighted by Crippen LogP contribution is -2.46. The van der Waals surface area contributed by atoms with Gasteiger partial charge in [-0.25, -0.2) is 0 Å². The van der Waals surface area contributed by atoms with E-state index in [9.17, 15) is 0 Å². The highest BCUT2D eigenvalue weighted by Gasteiger charge is 2.16. The Morgan fingerprint density at radius 3 is 2.21 bits per heavy atom. The van der Waals surface area contributed by atoms with Crippen LogP contribution in [0.4, 0.5) is 5.69 Å². The molecule has 3 heteroatoms. The van der Waals surface area contributed by atoms with Crippen LogP contribution in [0.15, 0.2) is 30.3 Å². The highest BCUT2D eigenvalue weighted by Crippen LogP contribution is 2.15. The second kappa shape index (κ2) is 8.44. The number of hydrogen-bond donors (Lipinski definition) is 0. The molecule has 0 saturated carbocycles. The second-order valence-corrected chi connectivity index (χ2v) is 5.65. The molecular formula is C16H25ClN2. The van der Waals surface area contributed by atoms with Crippen LogP contribution in [-0.2, 0) is 0 Å². The molecule has 2 rings (SSSR count). The molecule has 0 N–H and O–H groups in total. The topological polar surface area (TPSA) is 6.48 Å². The van der Waals surface area contributed by atoms with Gasteiger partial charge in [0.15, 0.2) is 0 Å². The minimum Gasteiger partial charge on any atom is -0.369 e. The summed E-state index contributed by atoms with van der Waals surface area (Å²) in [5.74, 6) is 0.815. The van der Waals surface area contributed by atoms with E-state index >= 15 is 0 Å². The van der Waals surface area contributed by atoms with Crippen molar-refractivity contribution in [3.05, 3.63) is 30.3 Å². The summed E-state index contributed by atoms with van der Waals surface area (Å²) in [5.41, 5.74) is 1.37. The summed E-state index contributed by atoms with van der Waals surface area (Å²) in [6, 6.07) is 10.8. The molecule has 1 heterocycles. The molecular weight excluding hydrogens is 256 g/mol. The molecule has 0 amide bonds. The first-order valence-corrected chi connectivity index (χ1v) is 8.02. The van der Waals surface area contributed by atoms with E-state index in [1.54, 1.807) is 0 Å². The summed E-state index contributed by atoms with van der Waals surface area (Å²) in [7, 11) is 0. The van der Waals surface area contributed by atoms with Gasteiger partial charge in [-0.15, -0.1) is 11.6 Å². The number of rotatable bonds is 7. The van der Waals surface area contributed by atoms with Crippen molar-refractivity contribution in [1.29, 1.82) is 0 Å². The molecule has 1 aliphatic heterocycles. The molecule has 0 aliphatic carbocycles. The lowest BCUT2D eigenvalue weighted by molar-refractivity contribution is 0.252. The second-order valence-electron chi connectivity index (χ2n) is 5.27. The fraction of sp³-hybridized carbons (Fsp3) is 0.625. The lowest BCUT2D eigenvalue weighted by Gasteiger charge is -2.36. The number of unbranched alkanes of at least 4 members (excludes halogenated alkanes) is 3. The average molecular weight is 281 g/mol. The van der Waals surface area contributed by atoms with Crippen molar-refractivity contribution in [2.24, 2.45) is 0 Å². The summed E-state index contributed by atoms with van der Waals surface area (Å²) >= 11 is 5.69. The van der Waals surface area contributed by atoms with Crippen molar-refractivity contribution >= 4 is 17.3 Å². The van der Waals surface area contributed by atoms with Crippen molar-refractivity contribution < 1.29 is 0 Å². The highest BCUT2D eigenvalue weighted by atomic mass is 35.5. The maximum atomic E-state index is 5.69. The largest absolute Gasteiger partial charge is 0.369 e. The number of hydrogen-bond acceptors (Lipinski definition) is 2. The minimum absolute atomic E-state index is 0.815. The first kappa shape index (κ1) is 14.7. The van der Waals surface area contributed by atoms with Gasteiger partial charge >= 0.3 is 0 Å². The van der Waals surface area contributed by atoms with E-state index in [1.165, 1.54) is 51.0 Å². The molecule has 1 aliphatic rings. The fourth-order valence-electron chi connectivity index (χ4n) is 2.65. The molecule has 0 spiro atoms. The van der Waals surface area contributed by atoms with E-state index in [0.29, 0.717) is 0 Å². The van der Waals surface area contributed by atoms with Crippen molar-refractivity contribution in [2.75, 3.05) is 43.5 Å². The van der Waals surface area contributed by atoms with Crippen LogP contribution in [-0.4, -0.2) is 43.5 Å². The number of alkyl halides is 1. The quantitative estimate of drug-likeness (QED) is 0.556. The molecule has 19 heavy (non-hydrogen) atoms. The van der Waals surface area contributed by atoms with E-state index in [2.05, 4.69) is 40.1 Å². The zero-order valence-corrected chi connectivity index (χ0v) is 12.5. The smallest absolute Gasteiger partial charge is 0.0367 e. The van der Waals surface area contributed by atoms with Gasteiger partial charge in [0.05, 0.1) is 0 Å². The summed E-state index contributed by atoms with van der Waals surface area (Å²) in [5, 5.41) is 0. The molecule has 1 fully saturated rings. The number of anilines is 1. The van der Waals surface area contributed by atoms with Crippen LogP contribution in [0.2, 0.25) is 0 Å². The van der Waals surface area contributed by atoms with Crippen LogP contribution < -0.4 is 4.90 Å². The van der Waals surface area contributed by atoms with Gasteiger partial charge in [0.1, 0.15) is 0 Å². The maximum Gasteiger partial charge on any atom is 0.0367 e. The molecule has 0 atom stereocenters. The molecule has 0 unspecified atom stereocenters. The fourth-order valence-corrected chi connectivity index (χ4v) is 2.84. The van der Waals surface area contributed by atoms with Gasteiger partial charge in [0.25, 0.3) is 0 Å². The van der Waals surface area contributed by atoms with E-state index in [1.807, 2.05) is 0 Å². The predicted octanol–water partition coefficient (Wildman–Crippen LogP) is 3.61. The third-order valence-electron chi connectivity index (χ3n) is 3.85. The number of piperazine rings is 1. The normalized spacial score (nSPS) is 16.8. The van der Waals surface area contributed by atoms with Gasteiger partial charge in [-0.2, -0.15) is 0 Å². The summed E-state index contributed by atoms with van der Waals surface area (Å²) in [4.78, 5) is 5.09. The standard InChI is InChI=1S/C16H25ClN2/c17-10-6-1-2-7-11-18-12-14-19(15-13-18)16-8-4-3-5-9-16/h3-5,8-9H,1-2,6-7,10-15H2. The molecule has 0 aromatic heterocycles. The van der Waals surface area contributed by atoms with Crippen molar-refractivity contribution in [2.45, 2.75) is 25.7 Å². The Hall–Kier alpha value is -0.730. The molecule has 0 radical (unpaired) electrons. The van der Waals surface area contributed by atoms with Gasteiger partial charge < -0.3 is 4.90 Å². The summed E-state index contributed by atoms with van der Waals surface area (Å²) in [6.07, 6.45) is 5.10. The van der Waals surface area contributed by atoms with Gasteiger partial charge in [-0.3, -0.25) is 4.90 Å². The van der Waals surface area contributed by atoms with Crippen LogP contribution in [0, 0.1) is 0 Å². The lowest BCUT2D eigenvalue weighted by atomic mass is 10.2. The summed E-state index contributed by atoms with van der Waals surface area (Å²) in [6.45, 7) is 5.97. The van der Waals surface area contributed by atoms with Gasteiger partial charge in [-0.1, -0.05) is 31.0 Å². The van der Waals surface area contributed by atoms with E-state index in [-0.39, 0.29) is 0 Å². The Morgan fingerprint density at radius 1 is 0.842 bits per heavy atom. The Bertz CT molecular complexity index is 334. The first-order valence-electron chi connectivity index (χ1n) is 7.48. The van der Waals surface area contributed by atoms with E-state index in [0.717, 1.165) is 19.0 Å². The zero-order chi connectivity index (χ0) is 13.3. The molecule has 1 saturated heterocycles. The van der Waals surface area contributed by atoms with Gasteiger partial charge in [0.2, 0.25) is 0 Å². The van der Waals surface area contributed by atoms with Crippen LogP contribution >= 0.6 is 11.6 Å². The molecule has 0 bridgehead atoms. The molecule has 106 valence electrons. The third-order valence-corrected chi connectivity index (χ3v) is 4.12. The van der Waals surface area contributed by atoms with E-state index < -0.39 is 0 Å². The minimum atomic E-state index is 0.815. The van der Waals surface area contributed by atoms with Crippen LogP contribution in [0.1, 0.15) is 25.7 Å². The number of benzene rings is 1. The van der Waals surface area contributed by atoms with Gasteiger partial charge in [0, 0.05) is 37.7 Å². The SMILES string of the molecule is ClCCCCCCN1CCN(c2ccccc2)CC1.